The lowest BCUT2D eigenvalue weighted by Crippen LogP contribution is -1.91. The van der Waals surface area contributed by atoms with Crippen molar-refractivity contribution in [2.75, 3.05) is 5.73 Å². The standard InChI is InChI=1S/C6H5I2NO/c7-3-1-2-4(10)6(9)5(3)8/h1-2,10H,9H2. The van der Waals surface area contributed by atoms with Gasteiger partial charge in [0.05, 0.1) is 9.26 Å². The van der Waals surface area contributed by atoms with E-state index < -0.39 is 0 Å². The van der Waals surface area contributed by atoms with Crippen molar-refractivity contribution < 1.29 is 5.11 Å². The number of halogens is 2. The highest BCUT2D eigenvalue weighted by molar-refractivity contribution is 14.1. The minimum absolute atomic E-state index is 0.157. The second-order valence-electron chi connectivity index (χ2n) is 1.79. The van der Waals surface area contributed by atoms with Crippen molar-refractivity contribution in [3.05, 3.63) is 19.3 Å². The highest BCUT2D eigenvalue weighted by Crippen LogP contribution is 2.28. The summed E-state index contributed by atoms with van der Waals surface area (Å²) in [6.07, 6.45) is 0. The van der Waals surface area contributed by atoms with E-state index in [1.54, 1.807) is 6.07 Å². The van der Waals surface area contributed by atoms with Crippen LogP contribution in [0.1, 0.15) is 0 Å². The zero-order valence-electron chi connectivity index (χ0n) is 4.94. The lowest BCUT2D eigenvalue weighted by atomic mass is 10.3. The molecule has 0 heterocycles. The van der Waals surface area contributed by atoms with Crippen LogP contribution in [0.5, 0.6) is 5.75 Å². The smallest absolute Gasteiger partial charge is 0.139 e. The number of rotatable bonds is 0. The number of benzene rings is 1. The number of hydrogen-bond acceptors (Lipinski definition) is 2. The molecule has 0 saturated heterocycles. The first-order chi connectivity index (χ1) is 4.63. The van der Waals surface area contributed by atoms with Gasteiger partial charge in [-0.15, -0.1) is 0 Å². The van der Waals surface area contributed by atoms with Crippen LogP contribution in [0.15, 0.2) is 12.1 Å². The van der Waals surface area contributed by atoms with Crippen LogP contribution in [0.4, 0.5) is 5.69 Å². The molecular formula is C6H5I2NO. The Kier molecular flexibility index (Phi) is 2.61. The van der Waals surface area contributed by atoms with Crippen LogP contribution >= 0.6 is 45.2 Å². The Morgan fingerprint density at radius 3 is 2.40 bits per heavy atom. The predicted molar refractivity (Wildman–Crippen MR) is 58.0 cm³/mol. The third-order valence-corrected chi connectivity index (χ3v) is 4.20. The molecule has 0 saturated carbocycles. The maximum atomic E-state index is 9.09. The van der Waals surface area contributed by atoms with Gasteiger partial charge < -0.3 is 10.8 Å². The molecule has 0 spiro atoms. The quantitative estimate of drug-likeness (QED) is 0.423. The molecular weight excluding hydrogens is 356 g/mol. The molecule has 0 atom stereocenters. The van der Waals surface area contributed by atoms with Gasteiger partial charge in [0, 0.05) is 3.57 Å². The summed E-state index contributed by atoms with van der Waals surface area (Å²) in [7, 11) is 0. The Morgan fingerprint density at radius 1 is 1.30 bits per heavy atom. The van der Waals surface area contributed by atoms with Gasteiger partial charge in [-0.05, 0) is 57.3 Å². The topological polar surface area (TPSA) is 46.2 Å². The fourth-order valence-electron chi connectivity index (χ4n) is 0.556. The molecule has 0 aliphatic heterocycles. The molecule has 0 fully saturated rings. The van der Waals surface area contributed by atoms with Gasteiger partial charge in [-0.2, -0.15) is 0 Å². The molecule has 4 heteroatoms. The van der Waals surface area contributed by atoms with E-state index in [2.05, 4.69) is 45.2 Å². The number of aromatic hydroxyl groups is 1. The van der Waals surface area contributed by atoms with E-state index in [1.165, 1.54) is 0 Å². The first-order valence-electron chi connectivity index (χ1n) is 2.55. The molecule has 1 aromatic rings. The molecule has 10 heavy (non-hydrogen) atoms. The van der Waals surface area contributed by atoms with Gasteiger partial charge in [0.2, 0.25) is 0 Å². The Balaban J connectivity index is 3.34. The monoisotopic (exact) mass is 361 g/mol. The summed E-state index contributed by atoms with van der Waals surface area (Å²) in [5.41, 5.74) is 5.99. The zero-order valence-corrected chi connectivity index (χ0v) is 9.25. The van der Waals surface area contributed by atoms with Crippen LogP contribution in [-0.2, 0) is 0 Å². The summed E-state index contributed by atoms with van der Waals surface area (Å²) < 4.78 is 1.98. The van der Waals surface area contributed by atoms with Gasteiger partial charge in [0.15, 0.2) is 0 Å². The van der Waals surface area contributed by atoms with E-state index in [0.29, 0.717) is 5.69 Å². The number of phenols is 1. The number of anilines is 1. The van der Waals surface area contributed by atoms with Crippen molar-refractivity contribution in [3.63, 3.8) is 0 Å². The lowest BCUT2D eigenvalue weighted by molar-refractivity contribution is 0.477. The highest BCUT2D eigenvalue weighted by Gasteiger charge is 2.03. The van der Waals surface area contributed by atoms with Crippen LogP contribution in [0.25, 0.3) is 0 Å². The predicted octanol–water partition coefficient (Wildman–Crippen LogP) is 2.18. The second kappa shape index (κ2) is 3.12. The molecule has 0 amide bonds. The maximum Gasteiger partial charge on any atom is 0.139 e. The SMILES string of the molecule is Nc1c(O)ccc(I)c1I. The first-order valence-corrected chi connectivity index (χ1v) is 4.71. The van der Waals surface area contributed by atoms with Crippen LogP contribution in [0, 0.1) is 7.14 Å². The largest absolute Gasteiger partial charge is 0.506 e. The van der Waals surface area contributed by atoms with Crippen molar-refractivity contribution >= 4 is 50.9 Å². The molecule has 54 valence electrons. The van der Waals surface area contributed by atoms with Gasteiger partial charge >= 0.3 is 0 Å². The average Bonchev–Trinajstić information content (AvgIpc) is 1.93. The van der Waals surface area contributed by atoms with Crippen molar-refractivity contribution in [2.45, 2.75) is 0 Å². The maximum absolute atomic E-state index is 9.09. The van der Waals surface area contributed by atoms with Gasteiger partial charge in [-0.25, -0.2) is 0 Å². The van der Waals surface area contributed by atoms with Crippen molar-refractivity contribution in [3.8, 4) is 5.75 Å². The van der Waals surface area contributed by atoms with Crippen LogP contribution in [0.2, 0.25) is 0 Å². The normalized spacial score (nSPS) is 9.80. The molecule has 0 aromatic heterocycles. The molecule has 0 unspecified atom stereocenters. The van der Waals surface area contributed by atoms with E-state index in [9.17, 15) is 0 Å². The highest BCUT2D eigenvalue weighted by atomic mass is 127. The molecule has 1 aromatic carbocycles. The summed E-state index contributed by atoms with van der Waals surface area (Å²) in [5.74, 6) is 0.157. The van der Waals surface area contributed by atoms with Crippen LogP contribution in [-0.4, -0.2) is 5.11 Å². The average molecular weight is 361 g/mol. The lowest BCUT2D eigenvalue weighted by Gasteiger charge is -2.01. The molecule has 0 aliphatic carbocycles. The van der Waals surface area contributed by atoms with Crippen LogP contribution < -0.4 is 5.73 Å². The van der Waals surface area contributed by atoms with E-state index in [1.807, 2.05) is 6.07 Å². The molecule has 1 rings (SSSR count). The number of nitrogen functional groups attached to an aromatic ring is 1. The summed E-state index contributed by atoms with van der Waals surface area (Å²) >= 11 is 4.27. The molecule has 0 bridgehead atoms. The Bertz CT molecular complexity index is 235. The minimum Gasteiger partial charge on any atom is -0.506 e. The van der Waals surface area contributed by atoms with Crippen molar-refractivity contribution in [2.24, 2.45) is 0 Å². The number of nitrogens with two attached hydrogens (primary N) is 1. The van der Waals surface area contributed by atoms with Crippen molar-refractivity contribution in [1.29, 1.82) is 0 Å². The third kappa shape index (κ3) is 1.47. The Morgan fingerprint density at radius 2 is 1.90 bits per heavy atom. The fraction of sp³-hybridized carbons (Fsp3) is 0. The minimum atomic E-state index is 0.157. The van der Waals surface area contributed by atoms with Crippen molar-refractivity contribution in [1.82, 2.24) is 0 Å². The van der Waals surface area contributed by atoms with Gasteiger partial charge in [-0.3, -0.25) is 0 Å². The summed E-state index contributed by atoms with van der Waals surface area (Å²) in [4.78, 5) is 0. The van der Waals surface area contributed by atoms with E-state index in [4.69, 9.17) is 10.8 Å². The van der Waals surface area contributed by atoms with Gasteiger partial charge in [0.1, 0.15) is 5.75 Å². The first kappa shape index (κ1) is 8.38. The zero-order chi connectivity index (χ0) is 7.72. The summed E-state index contributed by atoms with van der Waals surface area (Å²) in [6.45, 7) is 0. The number of phenolic OH excluding ortho intramolecular Hbond substituents is 1. The summed E-state index contributed by atoms with van der Waals surface area (Å²) in [5, 5.41) is 9.09. The number of hydrogen-bond donors (Lipinski definition) is 2. The molecule has 3 N–H and O–H groups in total. The van der Waals surface area contributed by atoms with E-state index in [-0.39, 0.29) is 5.75 Å². The Hall–Kier alpha value is 0.280. The fourth-order valence-corrected chi connectivity index (χ4v) is 1.48. The molecule has 0 aliphatic rings. The Labute approximate surface area is 86.1 Å². The van der Waals surface area contributed by atoms with Gasteiger partial charge in [0.25, 0.3) is 0 Å². The third-order valence-electron chi connectivity index (χ3n) is 1.11. The van der Waals surface area contributed by atoms with E-state index in [0.717, 1.165) is 7.14 Å². The molecule has 0 radical (unpaired) electrons. The van der Waals surface area contributed by atoms with Crippen LogP contribution in [0.3, 0.4) is 0 Å². The van der Waals surface area contributed by atoms with Gasteiger partial charge in [-0.1, -0.05) is 0 Å². The second-order valence-corrected chi connectivity index (χ2v) is 4.04. The summed E-state index contributed by atoms with van der Waals surface area (Å²) in [6, 6.07) is 3.42. The van der Waals surface area contributed by atoms with E-state index >= 15 is 0 Å². The molecule has 2 nitrogen and oxygen atoms in total.